The van der Waals surface area contributed by atoms with E-state index in [0.717, 1.165) is 25.7 Å². The Balaban J connectivity index is 1.89. The lowest BCUT2D eigenvalue weighted by Gasteiger charge is -2.37. The second kappa shape index (κ2) is 4.96. The normalized spacial score (nSPS) is 44.4. The molecule has 0 bridgehead atoms. The van der Waals surface area contributed by atoms with E-state index in [0.29, 0.717) is 12.3 Å². The van der Waals surface area contributed by atoms with E-state index in [1.807, 2.05) is 4.90 Å². The topological polar surface area (TPSA) is 94.9 Å². The van der Waals surface area contributed by atoms with Crippen molar-refractivity contribution >= 4 is 15.8 Å². The number of rotatable bonds is 2. The van der Waals surface area contributed by atoms with Gasteiger partial charge in [-0.15, -0.1) is 0 Å². The average molecular weight is 303 g/mol. The molecule has 3 aliphatic rings. The number of hydrogen-bond acceptors (Lipinski definition) is 5. The molecule has 3 fully saturated rings. The quantitative estimate of drug-likeness (QED) is 0.737. The van der Waals surface area contributed by atoms with Gasteiger partial charge in [0.05, 0.1) is 23.7 Å². The van der Waals surface area contributed by atoms with Crippen LogP contribution in [0.3, 0.4) is 0 Å². The van der Waals surface area contributed by atoms with Gasteiger partial charge in [-0.3, -0.25) is 9.69 Å². The van der Waals surface area contributed by atoms with E-state index in [-0.39, 0.29) is 17.5 Å². The van der Waals surface area contributed by atoms with Crippen LogP contribution < -0.4 is 0 Å². The first kappa shape index (κ1) is 14.3. The van der Waals surface area contributed by atoms with Crippen molar-refractivity contribution in [2.24, 2.45) is 5.92 Å². The summed E-state index contributed by atoms with van der Waals surface area (Å²) >= 11 is 0. The third kappa shape index (κ3) is 2.35. The number of sulfone groups is 1. The minimum Gasteiger partial charge on any atom is -0.480 e. The molecule has 2 N–H and O–H groups in total. The van der Waals surface area contributed by atoms with E-state index in [2.05, 4.69) is 0 Å². The molecule has 5 unspecified atom stereocenters. The molecule has 5 atom stereocenters. The molecule has 20 heavy (non-hydrogen) atoms. The lowest BCUT2D eigenvalue weighted by Crippen LogP contribution is -2.53. The summed E-state index contributed by atoms with van der Waals surface area (Å²) in [4.78, 5) is 13.3. The zero-order valence-electron chi connectivity index (χ0n) is 11.3. The summed E-state index contributed by atoms with van der Waals surface area (Å²) in [5, 5.41) is 19.5. The second-order valence-corrected chi connectivity index (χ2v) is 8.51. The Labute approximate surface area is 118 Å². The Kier molecular flexibility index (Phi) is 3.54. The maximum absolute atomic E-state index is 11.7. The highest BCUT2D eigenvalue weighted by molar-refractivity contribution is 7.91. The molecule has 2 heterocycles. The molecule has 1 saturated carbocycles. The number of aliphatic hydroxyl groups excluding tert-OH is 1. The summed E-state index contributed by atoms with van der Waals surface area (Å²) in [5.74, 6) is -0.907. The molecular formula is C13H21NO5S. The first-order chi connectivity index (χ1) is 9.39. The molecule has 7 heteroatoms. The average Bonchev–Trinajstić information content (AvgIpc) is 2.86. The number of aliphatic hydroxyl groups is 1. The Bertz CT molecular complexity index is 505. The van der Waals surface area contributed by atoms with Crippen molar-refractivity contribution in [2.45, 2.75) is 56.3 Å². The largest absolute Gasteiger partial charge is 0.480 e. The summed E-state index contributed by atoms with van der Waals surface area (Å²) in [6, 6.07) is -1.07. The number of carboxylic acids is 1. The molecule has 114 valence electrons. The summed E-state index contributed by atoms with van der Waals surface area (Å²) < 4.78 is 23.4. The number of hydrogen-bond donors (Lipinski definition) is 2. The van der Waals surface area contributed by atoms with E-state index in [4.69, 9.17) is 0 Å². The molecule has 0 spiro atoms. The summed E-state index contributed by atoms with van der Waals surface area (Å²) in [6.45, 7) is 0. The van der Waals surface area contributed by atoms with Gasteiger partial charge in [0.15, 0.2) is 9.84 Å². The first-order valence-electron chi connectivity index (χ1n) is 7.28. The maximum Gasteiger partial charge on any atom is 0.320 e. The number of carboxylic acid groups (broad SMARTS) is 1. The van der Waals surface area contributed by atoms with Crippen molar-refractivity contribution in [3.05, 3.63) is 0 Å². The van der Waals surface area contributed by atoms with E-state index >= 15 is 0 Å². The minimum absolute atomic E-state index is 0.110. The van der Waals surface area contributed by atoms with Crippen LogP contribution in [0.4, 0.5) is 0 Å². The van der Waals surface area contributed by atoms with Gasteiger partial charge in [-0.2, -0.15) is 0 Å². The molecule has 1 aliphatic carbocycles. The monoisotopic (exact) mass is 303 g/mol. The summed E-state index contributed by atoms with van der Waals surface area (Å²) in [5.41, 5.74) is 0. The summed E-state index contributed by atoms with van der Waals surface area (Å²) in [6.07, 6.45) is 3.73. The van der Waals surface area contributed by atoms with Crippen LogP contribution in [0.5, 0.6) is 0 Å². The number of aliphatic carboxylic acids is 1. The van der Waals surface area contributed by atoms with Crippen LogP contribution in [0.2, 0.25) is 0 Å². The molecule has 2 saturated heterocycles. The lowest BCUT2D eigenvalue weighted by molar-refractivity contribution is -0.144. The molecule has 3 rings (SSSR count). The third-order valence-corrected chi connectivity index (χ3v) is 6.80. The van der Waals surface area contributed by atoms with Gasteiger partial charge in [0, 0.05) is 6.04 Å². The Morgan fingerprint density at radius 2 is 1.80 bits per heavy atom. The molecular weight excluding hydrogens is 282 g/mol. The predicted octanol–water partition coefficient (Wildman–Crippen LogP) is -0.138. The summed E-state index contributed by atoms with van der Waals surface area (Å²) in [7, 11) is -3.25. The molecule has 0 aromatic carbocycles. The van der Waals surface area contributed by atoms with Gasteiger partial charge in [0.25, 0.3) is 0 Å². The SMILES string of the molecule is O=C(O)C1CC2CCCCC2N1C1CS(=O)(=O)CC1O. The van der Waals surface area contributed by atoms with E-state index < -0.39 is 34.0 Å². The Hall–Kier alpha value is -0.660. The van der Waals surface area contributed by atoms with Gasteiger partial charge in [-0.05, 0) is 25.2 Å². The number of likely N-dealkylation sites (tertiary alicyclic amines) is 1. The van der Waals surface area contributed by atoms with Crippen LogP contribution in [0.15, 0.2) is 0 Å². The van der Waals surface area contributed by atoms with Crippen LogP contribution in [0.25, 0.3) is 0 Å². The van der Waals surface area contributed by atoms with Crippen LogP contribution in [-0.2, 0) is 14.6 Å². The third-order valence-electron chi connectivity index (χ3n) is 5.10. The van der Waals surface area contributed by atoms with Crippen LogP contribution >= 0.6 is 0 Å². The van der Waals surface area contributed by atoms with E-state index in [1.54, 1.807) is 0 Å². The lowest BCUT2D eigenvalue weighted by atomic mass is 9.84. The molecule has 0 aromatic rings. The van der Waals surface area contributed by atoms with Crippen molar-refractivity contribution in [3.63, 3.8) is 0 Å². The Morgan fingerprint density at radius 1 is 1.10 bits per heavy atom. The van der Waals surface area contributed by atoms with Crippen molar-refractivity contribution in [3.8, 4) is 0 Å². The van der Waals surface area contributed by atoms with Crippen molar-refractivity contribution in [1.82, 2.24) is 4.90 Å². The number of fused-ring (bicyclic) bond motifs is 1. The standard InChI is InChI=1S/C13H21NO5S/c15-12-7-20(18,19)6-11(12)14-9-4-2-1-3-8(9)5-10(14)13(16)17/h8-12,15H,1-7H2,(H,16,17). The smallest absolute Gasteiger partial charge is 0.320 e. The minimum atomic E-state index is -3.25. The zero-order valence-corrected chi connectivity index (χ0v) is 12.1. The molecule has 0 aromatic heterocycles. The highest BCUT2D eigenvalue weighted by Gasteiger charge is 2.52. The second-order valence-electron chi connectivity index (χ2n) is 6.36. The highest BCUT2D eigenvalue weighted by atomic mass is 32.2. The predicted molar refractivity (Wildman–Crippen MR) is 72.1 cm³/mol. The fraction of sp³-hybridized carbons (Fsp3) is 0.923. The Morgan fingerprint density at radius 3 is 2.40 bits per heavy atom. The van der Waals surface area contributed by atoms with E-state index in [1.165, 1.54) is 0 Å². The van der Waals surface area contributed by atoms with Crippen molar-refractivity contribution in [2.75, 3.05) is 11.5 Å². The first-order valence-corrected chi connectivity index (χ1v) is 9.10. The fourth-order valence-corrected chi connectivity index (χ4v) is 6.09. The van der Waals surface area contributed by atoms with Gasteiger partial charge in [0.1, 0.15) is 6.04 Å². The van der Waals surface area contributed by atoms with Crippen LogP contribution in [0, 0.1) is 5.92 Å². The maximum atomic E-state index is 11.7. The molecule has 6 nitrogen and oxygen atoms in total. The van der Waals surface area contributed by atoms with Crippen LogP contribution in [-0.4, -0.2) is 65.2 Å². The highest BCUT2D eigenvalue weighted by Crippen LogP contribution is 2.42. The number of carbonyl (C=O) groups is 1. The van der Waals surface area contributed by atoms with Gasteiger partial charge in [-0.25, -0.2) is 8.42 Å². The van der Waals surface area contributed by atoms with E-state index in [9.17, 15) is 23.4 Å². The van der Waals surface area contributed by atoms with Gasteiger partial charge >= 0.3 is 5.97 Å². The zero-order chi connectivity index (χ0) is 14.5. The molecule has 2 aliphatic heterocycles. The fourth-order valence-electron chi connectivity index (χ4n) is 4.30. The van der Waals surface area contributed by atoms with Gasteiger partial charge < -0.3 is 10.2 Å². The van der Waals surface area contributed by atoms with Crippen molar-refractivity contribution in [1.29, 1.82) is 0 Å². The molecule has 0 radical (unpaired) electrons. The van der Waals surface area contributed by atoms with Gasteiger partial charge in [-0.1, -0.05) is 12.8 Å². The van der Waals surface area contributed by atoms with Crippen LogP contribution in [0.1, 0.15) is 32.1 Å². The van der Waals surface area contributed by atoms with Crippen molar-refractivity contribution < 1.29 is 23.4 Å². The number of nitrogens with zero attached hydrogens (tertiary/aromatic N) is 1. The molecule has 0 amide bonds. The van der Waals surface area contributed by atoms with Gasteiger partial charge in [0.2, 0.25) is 0 Å².